The summed E-state index contributed by atoms with van der Waals surface area (Å²) in [5.41, 5.74) is 2.52. The number of likely N-dealkylation sites (tertiary alicyclic amines) is 1. The van der Waals surface area contributed by atoms with Gasteiger partial charge in [-0.3, -0.25) is 0 Å². The van der Waals surface area contributed by atoms with Crippen molar-refractivity contribution in [3.05, 3.63) is 35.4 Å². The van der Waals surface area contributed by atoms with E-state index in [0.29, 0.717) is 13.1 Å². The van der Waals surface area contributed by atoms with Crippen LogP contribution >= 0.6 is 24.0 Å². The summed E-state index contributed by atoms with van der Waals surface area (Å²) in [6.07, 6.45) is 0.608. The van der Waals surface area contributed by atoms with E-state index in [1.165, 1.54) is 11.1 Å². The van der Waals surface area contributed by atoms with Crippen molar-refractivity contribution in [1.82, 2.24) is 10.2 Å². The van der Waals surface area contributed by atoms with Gasteiger partial charge in [0.1, 0.15) is 0 Å². The molecule has 2 rings (SSSR count). The maximum absolute atomic E-state index is 9.62. The van der Waals surface area contributed by atoms with Gasteiger partial charge < -0.3 is 15.3 Å². The van der Waals surface area contributed by atoms with Crippen LogP contribution in [0.5, 0.6) is 0 Å². The average molecular weight is 389 g/mol. The van der Waals surface area contributed by atoms with Crippen LogP contribution in [0.4, 0.5) is 0 Å². The highest BCUT2D eigenvalue weighted by Gasteiger charge is 2.22. The summed E-state index contributed by atoms with van der Waals surface area (Å²) in [6, 6.07) is 8.31. The van der Waals surface area contributed by atoms with E-state index >= 15 is 0 Å². The summed E-state index contributed by atoms with van der Waals surface area (Å²) in [6.45, 7) is 7.26. The molecule has 0 spiro atoms. The second-order valence-electron chi connectivity index (χ2n) is 4.99. The monoisotopic (exact) mass is 389 g/mol. The molecule has 1 atom stereocenters. The van der Waals surface area contributed by atoms with Crippen LogP contribution in [0.2, 0.25) is 0 Å². The Hall–Kier alpha value is -0.820. The molecular formula is C15H24IN3O. The van der Waals surface area contributed by atoms with E-state index in [1.807, 2.05) is 12.1 Å². The lowest BCUT2D eigenvalue weighted by atomic mass is 10.1. The predicted octanol–water partition coefficient (Wildman–Crippen LogP) is 2.15. The molecule has 1 fully saturated rings. The van der Waals surface area contributed by atoms with Crippen LogP contribution in [-0.2, 0) is 6.54 Å². The molecule has 1 saturated heterocycles. The zero-order valence-corrected chi connectivity index (χ0v) is 14.5. The second-order valence-corrected chi connectivity index (χ2v) is 4.99. The number of nitrogens with one attached hydrogen (secondary N) is 1. The van der Waals surface area contributed by atoms with Gasteiger partial charge in [-0.25, -0.2) is 4.99 Å². The van der Waals surface area contributed by atoms with E-state index in [0.717, 1.165) is 25.5 Å². The number of hydrogen-bond acceptors (Lipinski definition) is 2. The second kappa shape index (κ2) is 8.46. The minimum absolute atomic E-state index is 0. The van der Waals surface area contributed by atoms with Crippen molar-refractivity contribution in [1.29, 1.82) is 0 Å². The molecule has 2 N–H and O–H groups in total. The molecule has 0 aliphatic carbocycles. The van der Waals surface area contributed by atoms with Gasteiger partial charge in [-0.15, -0.1) is 24.0 Å². The first-order valence-corrected chi connectivity index (χ1v) is 6.96. The number of rotatable bonds is 3. The van der Waals surface area contributed by atoms with Crippen molar-refractivity contribution in [3.63, 3.8) is 0 Å². The van der Waals surface area contributed by atoms with Gasteiger partial charge in [0.05, 0.1) is 12.6 Å². The number of halogens is 1. The maximum Gasteiger partial charge on any atom is 0.194 e. The molecule has 5 heteroatoms. The molecule has 4 nitrogen and oxygen atoms in total. The minimum Gasteiger partial charge on any atom is -0.391 e. The molecule has 0 aromatic heterocycles. The number of aliphatic imine (C=N–C) groups is 1. The number of aliphatic hydroxyl groups excluding tert-OH is 1. The largest absolute Gasteiger partial charge is 0.391 e. The number of guanidine groups is 1. The lowest BCUT2D eigenvalue weighted by Gasteiger charge is -2.21. The lowest BCUT2D eigenvalue weighted by Crippen LogP contribution is -2.40. The molecule has 1 aromatic carbocycles. The normalized spacial score (nSPS) is 18.9. The topological polar surface area (TPSA) is 47.9 Å². The molecule has 1 aromatic rings. The number of β-amino-alcohol motifs (C(OH)–C–C–N with tert-alkyl or cyclic N) is 1. The van der Waals surface area contributed by atoms with Gasteiger partial charge in [-0.1, -0.05) is 24.3 Å². The number of benzene rings is 1. The van der Waals surface area contributed by atoms with Crippen LogP contribution in [-0.4, -0.2) is 41.7 Å². The number of nitrogens with zero attached hydrogens (tertiary/aromatic N) is 2. The Kier molecular flexibility index (Phi) is 7.29. The molecule has 0 radical (unpaired) electrons. The molecular weight excluding hydrogens is 365 g/mol. The summed E-state index contributed by atoms with van der Waals surface area (Å²) in [5, 5.41) is 12.9. The summed E-state index contributed by atoms with van der Waals surface area (Å²) >= 11 is 0. The SMILES string of the molecule is CCNC(=NCc1ccccc1C)N1CC[C@@H](O)C1.I. The fraction of sp³-hybridized carbons (Fsp3) is 0.533. The van der Waals surface area contributed by atoms with Crippen LogP contribution in [0.25, 0.3) is 0 Å². The van der Waals surface area contributed by atoms with Gasteiger partial charge in [0.25, 0.3) is 0 Å². The molecule has 1 aliphatic rings. The number of hydrogen-bond donors (Lipinski definition) is 2. The van der Waals surface area contributed by atoms with E-state index in [2.05, 4.69) is 41.2 Å². The number of aryl methyl sites for hydroxylation is 1. The zero-order chi connectivity index (χ0) is 13.7. The van der Waals surface area contributed by atoms with Crippen LogP contribution in [0, 0.1) is 6.92 Å². The van der Waals surface area contributed by atoms with Gasteiger partial charge in [0.15, 0.2) is 5.96 Å². The zero-order valence-electron chi connectivity index (χ0n) is 12.2. The maximum atomic E-state index is 9.62. The molecule has 20 heavy (non-hydrogen) atoms. The van der Waals surface area contributed by atoms with Gasteiger partial charge in [-0.05, 0) is 31.4 Å². The van der Waals surface area contributed by atoms with E-state index in [9.17, 15) is 5.11 Å². The highest BCUT2D eigenvalue weighted by molar-refractivity contribution is 14.0. The Morgan fingerprint density at radius 3 is 2.80 bits per heavy atom. The minimum atomic E-state index is -0.220. The Labute approximate surface area is 138 Å². The van der Waals surface area contributed by atoms with Crippen LogP contribution < -0.4 is 5.32 Å². The fourth-order valence-electron chi connectivity index (χ4n) is 2.31. The van der Waals surface area contributed by atoms with Gasteiger partial charge in [0.2, 0.25) is 0 Å². The van der Waals surface area contributed by atoms with Crippen molar-refractivity contribution in [3.8, 4) is 0 Å². The van der Waals surface area contributed by atoms with Crippen molar-refractivity contribution in [2.75, 3.05) is 19.6 Å². The standard InChI is InChI=1S/C15H23N3O.HI/c1-3-16-15(18-9-8-14(19)11-18)17-10-13-7-5-4-6-12(13)2;/h4-7,14,19H,3,8-11H2,1-2H3,(H,16,17);1H/t14-;/m1./s1. The molecule has 1 heterocycles. The Morgan fingerprint density at radius 1 is 1.45 bits per heavy atom. The smallest absolute Gasteiger partial charge is 0.194 e. The average Bonchev–Trinajstić information content (AvgIpc) is 2.83. The first kappa shape index (κ1) is 17.2. The third kappa shape index (κ3) is 4.63. The van der Waals surface area contributed by atoms with Gasteiger partial charge in [0, 0.05) is 19.6 Å². The third-order valence-electron chi connectivity index (χ3n) is 3.46. The quantitative estimate of drug-likeness (QED) is 0.473. The van der Waals surface area contributed by atoms with Crippen molar-refractivity contribution in [2.45, 2.75) is 32.9 Å². The van der Waals surface area contributed by atoms with Crippen molar-refractivity contribution in [2.24, 2.45) is 4.99 Å². The van der Waals surface area contributed by atoms with Crippen LogP contribution in [0.1, 0.15) is 24.5 Å². The first-order chi connectivity index (χ1) is 9.20. The first-order valence-electron chi connectivity index (χ1n) is 6.96. The molecule has 112 valence electrons. The fourth-order valence-corrected chi connectivity index (χ4v) is 2.31. The molecule has 0 amide bonds. The summed E-state index contributed by atoms with van der Waals surface area (Å²) in [4.78, 5) is 6.81. The molecule has 0 unspecified atom stereocenters. The van der Waals surface area contributed by atoms with Crippen molar-refractivity contribution < 1.29 is 5.11 Å². The summed E-state index contributed by atoms with van der Waals surface area (Å²) in [5.74, 6) is 0.905. The van der Waals surface area contributed by atoms with E-state index in [4.69, 9.17) is 0 Å². The third-order valence-corrected chi connectivity index (χ3v) is 3.46. The predicted molar refractivity (Wildman–Crippen MR) is 93.6 cm³/mol. The summed E-state index contributed by atoms with van der Waals surface area (Å²) < 4.78 is 0. The van der Waals surface area contributed by atoms with Gasteiger partial charge >= 0.3 is 0 Å². The van der Waals surface area contributed by atoms with Crippen molar-refractivity contribution >= 4 is 29.9 Å². The van der Waals surface area contributed by atoms with Crippen LogP contribution in [0.3, 0.4) is 0 Å². The highest BCUT2D eigenvalue weighted by Crippen LogP contribution is 2.11. The molecule has 1 aliphatic heterocycles. The van der Waals surface area contributed by atoms with Crippen LogP contribution in [0.15, 0.2) is 29.3 Å². The van der Waals surface area contributed by atoms with E-state index in [-0.39, 0.29) is 30.1 Å². The Bertz CT molecular complexity index is 450. The van der Waals surface area contributed by atoms with E-state index < -0.39 is 0 Å². The molecule has 0 saturated carbocycles. The highest BCUT2D eigenvalue weighted by atomic mass is 127. The Balaban J connectivity index is 0.00000200. The summed E-state index contributed by atoms with van der Waals surface area (Å²) in [7, 11) is 0. The molecule has 0 bridgehead atoms. The lowest BCUT2D eigenvalue weighted by molar-refractivity contribution is 0.188. The Morgan fingerprint density at radius 2 is 2.20 bits per heavy atom. The number of aliphatic hydroxyl groups is 1. The van der Waals surface area contributed by atoms with E-state index in [1.54, 1.807) is 0 Å². The van der Waals surface area contributed by atoms with Gasteiger partial charge in [-0.2, -0.15) is 0 Å².